The van der Waals surface area contributed by atoms with Gasteiger partial charge >= 0.3 is 0 Å². The first-order valence-corrected chi connectivity index (χ1v) is 7.02. The van der Waals surface area contributed by atoms with E-state index >= 15 is 0 Å². The van der Waals surface area contributed by atoms with Gasteiger partial charge in [0.25, 0.3) is 5.91 Å². The zero-order chi connectivity index (χ0) is 13.9. The minimum Gasteiger partial charge on any atom is -0.396 e. The van der Waals surface area contributed by atoms with Crippen molar-refractivity contribution in [3.8, 4) is 0 Å². The number of aromatic nitrogens is 2. The standard InChI is InChI=1S/C14H23N3O2/c1-3-11-8-12(17(2)16-11)13(19)15-9-14(10-18)6-4-5-7-14/h8,18H,3-7,9-10H2,1-2H3,(H,15,19). The largest absolute Gasteiger partial charge is 0.396 e. The molecule has 0 bridgehead atoms. The minimum absolute atomic E-state index is 0.102. The van der Waals surface area contributed by atoms with E-state index < -0.39 is 0 Å². The fourth-order valence-corrected chi connectivity index (χ4v) is 2.79. The van der Waals surface area contributed by atoms with Crippen molar-refractivity contribution < 1.29 is 9.90 Å². The molecule has 1 aromatic rings. The maximum atomic E-state index is 12.2. The molecule has 5 heteroatoms. The van der Waals surface area contributed by atoms with Crippen LogP contribution in [0.3, 0.4) is 0 Å². The van der Waals surface area contributed by atoms with Gasteiger partial charge in [-0.25, -0.2) is 0 Å². The predicted molar refractivity (Wildman–Crippen MR) is 72.9 cm³/mol. The highest BCUT2D eigenvalue weighted by molar-refractivity contribution is 5.92. The van der Waals surface area contributed by atoms with Gasteiger partial charge in [0, 0.05) is 19.0 Å². The third kappa shape index (κ3) is 2.97. The topological polar surface area (TPSA) is 67.2 Å². The summed E-state index contributed by atoms with van der Waals surface area (Å²) >= 11 is 0. The lowest BCUT2D eigenvalue weighted by Crippen LogP contribution is -2.38. The summed E-state index contributed by atoms with van der Waals surface area (Å²) in [6.45, 7) is 2.72. The van der Waals surface area contributed by atoms with E-state index in [0.717, 1.165) is 37.8 Å². The molecule has 1 aliphatic rings. The van der Waals surface area contributed by atoms with Crippen LogP contribution in [-0.2, 0) is 13.5 Å². The Balaban J connectivity index is 1.98. The van der Waals surface area contributed by atoms with Crippen molar-refractivity contribution in [1.82, 2.24) is 15.1 Å². The van der Waals surface area contributed by atoms with Gasteiger partial charge in [0.15, 0.2) is 0 Å². The normalized spacial score (nSPS) is 17.6. The van der Waals surface area contributed by atoms with E-state index in [2.05, 4.69) is 10.4 Å². The van der Waals surface area contributed by atoms with Crippen LogP contribution >= 0.6 is 0 Å². The molecule has 1 aromatic heterocycles. The van der Waals surface area contributed by atoms with Crippen LogP contribution in [-0.4, -0.2) is 33.9 Å². The van der Waals surface area contributed by atoms with Gasteiger partial charge < -0.3 is 10.4 Å². The Hall–Kier alpha value is -1.36. The molecule has 0 aliphatic heterocycles. The van der Waals surface area contributed by atoms with Crippen molar-refractivity contribution in [3.63, 3.8) is 0 Å². The van der Waals surface area contributed by atoms with Gasteiger partial charge in [-0.3, -0.25) is 9.48 Å². The lowest BCUT2D eigenvalue weighted by molar-refractivity contribution is 0.0872. The van der Waals surface area contributed by atoms with E-state index in [4.69, 9.17) is 0 Å². The van der Waals surface area contributed by atoms with Crippen LogP contribution in [0.15, 0.2) is 6.07 Å². The van der Waals surface area contributed by atoms with Crippen LogP contribution in [0.1, 0.15) is 48.8 Å². The average Bonchev–Trinajstić information content (AvgIpc) is 3.03. The summed E-state index contributed by atoms with van der Waals surface area (Å²) in [6, 6.07) is 1.83. The van der Waals surface area contributed by atoms with Gasteiger partial charge in [0.05, 0.1) is 12.3 Å². The number of carbonyl (C=O) groups is 1. The van der Waals surface area contributed by atoms with Crippen LogP contribution in [0.2, 0.25) is 0 Å². The number of amides is 1. The molecule has 1 aliphatic carbocycles. The number of hydrogen-bond acceptors (Lipinski definition) is 3. The molecule has 5 nitrogen and oxygen atoms in total. The van der Waals surface area contributed by atoms with Crippen molar-refractivity contribution >= 4 is 5.91 Å². The third-order valence-electron chi connectivity index (χ3n) is 4.15. The molecule has 0 aromatic carbocycles. The van der Waals surface area contributed by atoms with E-state index in [1.807, 2.05) is 13.0 Å². The molecule has 1 heterocycles. The van der Waals surface area contributed by atoms with Gasteiger partial charge in [-0.2, -0.15) is 5.10 Å². The predicted octanol–water partition coefficient (Wildman–Crippen LogP) is 1.26. The van der Waals surface area contributed by atoms with Gasteiger partial charge in [-0.05, 0) is 25.3 Å². The van der Waals surface area contributed by atoms with Crippen LogP contribution in [0, 0.1) is 5.41 Å². The second-order valence-electron chi connectivity index (χ2n) is 5.55. The number of nitrogens with one attached hydrogen (secondary N) is 1. The lowest BCUT2D eigenvalue weighted by Gasteiger charge is -2.26. The zero-order valence-electron chi connectivity index (χ0n) is 11.8. The smallest absolute Gasteiger partial charge is 0.269 e. The van der Waals surface area contributed by atoms with Crippen molar-refractivity contribution in [1.29, 1.82) is 0 Å². The molecule has 2 rings (SSSR count). The van der Waals surface area contributed by atoms with E-state index in [0.29, 0.717) is 12.2 Å². The third-order valence-corrected chi connectivity index (χ3v) is 4.15. The Bertz CT molecular complexity index is 448. The summed E-state index contributed by atoms with van der Waals surface area (Å²) in [5.41, 5.74) is 1.40. The number of aliphatic hydroxyl groups excluding tert-OH is 1. The highest BCUT2D eigenvalue weighted by Gasteiger charge is 2.33. The first kappa shape index (κ1) is 14.1. The highest BCUT2D eigenvalue weighted by Crippen LogP contribution is 2.36. The van der Waals surface area contributed by atoms with Crippen LogP contribution < -0.4 is 5.32 Å². The van der Waals surface area contributed by atoms with E-state index in [-0.39, 0.29) is 17.9 Å². The molecule has 2 N–H and O–H groups in total. The first-order valence-electron chi connectivity index (χ1n) is 7.02. The number of aryl methyl sites for hydroxylation is 2. The number of hydrogen-bond donors (Lipinski definition) is 2. The van der Waals surface area contributed by atoms with E-state index in [9.17, 15) is 9.90 Å². The molecule has 1 fully saturated rings. The molecular weight excluding hydrogens is 242 g/mol. The van der Waals surface area contributed by atoms with Crippen LogP contribution in [0.5, 0.6) is 0 Å². The molecule has 1 amide bonds. The van der Waals surface area contributed by atoms with E-state index in [1.54, 1.807) is 11.7 Å². The maximum Gasteiger partial charge on any atom is 0.269 e. The van der Waals surface area contributed by atoms with Crippen molar-refractivity contribution in [2.45, 2.75) is 39.0 Å². The van der Waals surface area contributed by atoms with Gasteiger partial charge in [0.2, 0.25) is 0 Å². The molecule has 0 radical (unpaired) electrons. The van der Waals surface area contributed by atoms with Crippen LogP contribution in [0.25, 0.3) is 0 Å². The Kier molecular flexibility index (Phi) is 4.24. The minimum atomic E-state index is -0.109. The second-order valence-corrected chi connectivity index (χ2v) is 5.55. The van der Waals surface area contributed by atoms with Gasteiger partial charge in [-0.15, -0.1) is 0 Å². The van der Waals surface area contributed by atoms with Gasteiger partial charge in [0.1, 0.15) is 5.69 Å². The summed E-state index contributed by atoms with van der Waals surface area (Å²) in [4.78, 5) is 12.2. The summed E-state index contributed by atoms with van der Waals surface area (Å²) in [5.74, 6) is -0.102. The number of nitrogens with zero attached hydrogens (tertiary/aromatic N) is 2. The quantitative estimate of drug-likeness (QED) is 0.842. The molecule has 0 spiro atoms. The second kappa shape index (κ2) is 5.74. The number of aliphatic hydroxyl groups is 1. The molecule has 1 saturated carbocycles. The lowest BCUT2D eigenvalue weighted by atomic mass is 9.87. The number of carbonyl (C=O) groups excluding carboxylic acids is 1. The SMILES string of the molecule is CCc1cc(C(=O)NCC2(CO)CCCC2)n(C)n1. The Morgan fingerprint density at radius 2 is 2.21 bits per heavy atom. The first-order chi connectivity index (χ1) is 9.10. The summed E-state index contributed by atoms with van der Waals surface area (Å²) in [7, 11) is 1.78. The summed E-state index contributed by atoms with van der Waals surface area (Å²) in [5, 5.41) is 16.8. The highest BCUT2D eigenvalue weighted by atomic mass is 16.3. The molecule has 19 heavy (non-hydrogen) atoms. The Morgan fingerprint density at radius 3 is 2.74 bits per heavy atom. The molecule has 0 unspecified atom stereocenters. The monoisotopic (exact) mass is 265 g/mol. The summed E-state index contributed by atoms with van der Waals surface area (Å²) < 4.78 is 1.62. The molecule has 106 valence electrons. The van der Waals surface area contributed by atoms with Crippen LogP contribution in [0.4, 0.5) is 0 Å². The van der Waals surface area contributed by atoms with E-state index in [1.165, 1.54) is 0 Å². The average molecular weight is 265 g/mol. The summed E-state index contributed by atoms with van der Waals surface area (Å²) in [6.07, 6.45) is 5.09. The fourth-order valence-electron chi connectivity index (χ4n) is 2.79. The zero-order valence-corrected chi connectivity index (χ0v) is 11.8. The Labute approximate surface area is 114 Å². The van der Waals surface area contributed by atoms with Crippen molar-refractivity contribution in [3.05, 3.63) is 17.5 Å². The number of rotatable bonds is 5. The van der Waals surface area contributed by atoms with Crippen molar-refractivity contribution in [2.24, 2.45) is 12.5 Å². The Morgan fingerprint density at radius 1 is 1.53 bits per heavy atom. The molecular formula is C14H23N3O2. The maximum absolute atomic E-state index is 12.2. The fraction of sp³-hybridized carbons (Fsp3) is 0.714. The molecule has 0 atom stereocenters. The van der Waals surface area contributed by atoms with Crippen molar-refractivity contribution in [2.75, 3.05) is 13.2 Å². The molecule has 0 saturated heterocycles. The van der Waals surface area contributed by atoms with Gasteiger partial charge in [-0.1, -0.05) is 19.8 Å².